The predicted octanol–water partition coefficient (Wildman–Crippen LogP) is 3.05. The molecule has 0 bridgehead atoms. The number of nitrogens with zero attached hydrogens (tertiary/aromatic N) is 2. The molecule has 3 rings (SSSR count). The molecule has 130 valence electrons. The number of halogens is 2. The normalized spacial score (nSPS) is 18.5. The molecule has 24 heavy (non-hydrogen) atoms. The summed E-state index contributed by atoms with van der Waals surface area (Å²) < 4.78 is 47.5. The van der Waals surface area contributed by atoms with Crippen molar-refractivity contribution < 1.29 is 17.5 Å². The average molecular weight is 374 g/mol. The maximum atomic E-state index is 13.2. The Morgan fingerprint density at radius 1 is 1.42 bits per heavy atom. The molecule has 1 aliphatic heterocycles. The fraction of sp³-hybridized carbons (Fsp3) is 0.400. The van der Waals surface area contributed by atoms with Crippen LogP contribution in [-0.4, -0.2) is 30.9 Å². The van der Waals surface area contributed by atoms with Crippen molar-refractivity contribution in [3.05, 3.63) is 41.4 Å². The fourth-order valence-corrected chi connectivity index (χ4v) is 3.83. The van der Waals surface area contributed by atoms with Crippen LogP contribution in [0.4, 0.5) is 10.1 Å². The van der Waals surface area contributed by atoms with Gasteiger partial charge < -0.3 is 4.74 Å². The number of hydrogen-bond acceptors (Lipinski definition) is 4. The largest absolute Gasteiger partial charge is 0.376 e. The molecule has 1 aromatic carbocycles. The lowest BCUT2D eigenvalue weighted by molar-refractivity contribution is 0.00401. The molecule has 2 aromatic rings. The second kappa shape index (κ2) is 7.08. The molecule has 0 radical (unpaired) electrons. The summed E-state index contributed by atoms with van der Waals surface area (Å²) in [6.45, 7) is 1.32. The number of aromatic nitrogens is 2. The van der Waals surface area contributed by atoms with Crippen molar-refractivity contribution in [3.8, 4) is 0 Å². The molecule has 1 unspecified atom stereocenters. The van der Waals surface area contributed by atoms with E-state index < -0.39 is 15.8 Å². The molecule has 0 amide bonds. The van der Waals surface area contributed by atoms with Crippen LogP contribution in [0.3, 0.4) is 0 Å². The van der Waals surface area contributed by atoms with Gasteiger partial charge in [0.1, 0.15) is 5.82 Å². The predicted molar refractivity (Wildman–Crippen MR) is 88.0 cm³/mol. The zero-order chi connectivity index (χ0) is 17.2. The van der Waals surface area contributed by atoms with Crippen LogP contribution in [0.1, 0.15) is 19.3 Å². The molecular formula is C15H17ClFN3O3S. The van der Waals surface area contributed by atoms with E-state index in [1.54, 1.807) is 10.9 Å². The van der Waals surface area contributed by atoms with E-state index in [1.807, 2.05) is 0 Å². The van der Waals surface area contributed by atoms with Crippen LogP contribution in [0, 0.1) is 5.82 Å². The number of benzene rings is 1. The summed E-state index contributed by atoms with van der Waals surface area (Å²) in [5.74, 6) is -0.670. The third-order valence-corrected chi connectivity index (χ3v) is 5.42. The lowest BCUT2D eigenvalue weighted by Gasteiger charge is -2.22. The highest BCUT2D eigenvalue weighted by molar-refractivity contribution is 7.92. The third-order valence-electron chi connectivity index (χ3n) is 3.75. The van der Waals surface area contributed by atoms with Crippen LogP contribution >= 0.6 is 11.6 Å². The van der Waals surface area contributed by atoms with Gasteiger partial charge in [-0.25, -0.2) is 12.8 Å². The summed E-state index contributed by atoms with van der Waals surface area (Å²) in [6.07, 6.45) is 6.28. The van der Waals surface area contributed by atoms with E-state index in [0.29, 0.717) is 12.2 Å². The highest BCUT2D eigenvalue weighted by Gasteiger charge is 2.18. The van der Waals surface area contributed by atoms with E-state index in [0.717, 1.165) is 44.1 Å². The summed E-state index contributed by atoms with van der Waals surface area (Å²) in [6, 6.07) is 3.24. The van der Waals surface area contributed by atoms with Gasteiger partial charge in [-0.1, -0.05) is 11.6 Å². The maximum Gasteiger partial charge on any atom is 0.262 e. The Morgan fingerprint density at radius 2 is 2.25 bits per heavy atom. The van der Waals surface area contributed by atoms with E-state index >= 15 is 0 Å². The molecule has 0 spiro atoms. The van der Waals surface area contributed by atoms with Gasteiger partial charge in [0.25, 0.3) is 10.0 Å². The fourth-order valence-electron chi connectivity index (χ4n) is 2.53. The van der Waals surface area contributed by atoms with Gasteiger partial charge in [-0.05, 0) is 37.5 Å². The standard InChI is InChI=1S/C15H17ClFN3O3S/c16-14-7-13(4-5-15(14)17)24(21,22)19-11-8-18-20(9-11)10-12-3-1-2-6-23-12/h4-5,7-9,12,19H,1-3,6,10H2. The van der Waals surface area contributed by atoms with Crippen LogP contribution in [0.15, 0.2) is 35.5 Å². The minimum Gasteiger partial charge on any atom is -0.376 e. The molecule has 1 atom stereocenters. The first-order valence-electron chi connectivity index (χ1n) is 7.56. The molecule has 1 aromatic heterocycles. The van der Waals surface area contributed by atoms with E-state index in [1.165, 1.54) is 6.20 Å². The minimum atomic E-state index is -3.86. The average Bonchev–Trinajstić information content (AvgIpc) is 2.97. The number of ether oxygens (including phenoxy) is 1. The van der Waals surface area contributed by atoms with E-state index in [-0.39, 0.29) is 16.0 Å². The van der Waals surface area contributed by atoms with Gasteiger partial charge in [0.05, 0.1) is 34.5 Å². The molecule has 1 saturated heterocycles. The van der Waals surface area contributed by atoms with Crippen LogP contribution in [0.5, 0.6) is 0 Å². The van der Waals surface area contributed by atoms with E-state index in [2.05, 4.69) is 9.82 Å². The van der Waals surface area contributed by atoms with Crippen LogP contribution < -0.4 is 4.72 Å². The van der Waals surface area contributed by atoms with Crippen molar-refractivity contribution in [1.29, 1.82) is 0 Å². The van der Waals surface area contributed by atoms with E-state index in [9.17, 15) is 12.8 Å². The van der Waals surface area contributed by atoms with E-state index in [4.69, 9.17) is 16.3 Å². The monoisotopic (exact) mass is 373 g/mol. The smallest absolute Gasteiger partial charge is 0.262 e. The Kier molecular flexibility index (Phi) is 5.07. The number of anilines is 1. The number of rotatable bonds is 5. The van der Waals surface area contributed by atoms with Crippen molar-refractivity contribution in [3.63, 3.8) is 0 Å². The van der Waals surface area contributed by atoms with Gasteiger partial charge in [-0.3, -0.25) is 9.40 Å². The molecule has 0 aliphatic carbocycles. The number of sulfonamides is 1. The van der Waals surface area contributed by atoms with Gasteiger partial charge in [0.2, 0.25) is 0 Å². The Morgan fingerprint density at radius 3 is 2.96 bits per heavy atom. The SMILES string of the molecule is O=S(=O)(Nc1cnn(CC2CCCCO2)c1)c1ccc(F)c(Cl)c1. The highest BCUT2D eigenvalue weighted by atomic mass is 35.5. The summed E-state index contributed by atoms with van der Waals surface area (Å²) in [4.78, 5) is -0.114. The van der Waals surface area contributed by atoms with Crippen molar-refractivity contribution in [2.24, 2.45) is 0 Å². The number of hydrogen-bond donors (Lipinski definition) is 1. The Balaban J connectivity index is 1.69. The first-order chi connectivity index (χ1) is 11.4. The van der Waals surface area contributed by atoms with Crippen LogP contribution in [0.2, 0.25) is 5.02 Å². The first kappa shape index (κ1) is 17.2. The van der Waals surface area contributed by atoms with Crippen molar-refractivity contribution in [2.45, 2.75) is 36.8 Å². The Labute approximate surface area is 144 Å². The molecule has 6 nitrogen and oxygen atoms in total. The molecule has 0 saturated carbocycles. The topological polar surface area (TPSA) is 73.2 Å². The van der Waals surface area contributed by atoms with Crippen LogP contribution in [-0.2, 0) is 21.3 Å². The minimum absolute atomic E-state index is 0.0963. The van der Waals surface area contributed by atoms with Gasteiger partial charge >= 0.3 is 0 Å². The lowest BCUT2D eigenvalue weighted by atomic mass is 10.1. The van der Waals surface area contributed by atoms with Gasteiger partial charge in [0.15, 0.2) is 0 Å². The quantitative estimate of drug-likeness (QED) is 0.874. The van der Waals surface area contributed by atoms with Crippen molar-refractivity contribution in [1.82, 2.24) is 9.78 Å². The Hall–Kier alpha value is -1.64. The van der Waals surface area contributed by atoms with Gasteiger partial charge in [-0.2, -0.15) is 5.10 Å². The first-order valence-corrected chi connectivity index (χ1v) is 9.42. The second-order valence-electron chi connectivity index (χ2n) is 5.62. The Bertz CT molecular complexity index is 819. The number of nitrogens with one attached hydrogen (secondary N) is 1. The molecule has 1 fully saturated rings. The molecule has 1 aliphatic rings. The zero-order valence-electron chi connectivity index (χ0n) is 12.8. The second-order valence-corrected chi connectivity index (χ2v) is 7.71. The molecule has 2 heterocycles. The molecule has 9 heteroatoms. The maximum absolute atomic E-state index is 13.2. The summed E-state index contributed by atoms with van der Waals surface area (Å²) in [5, 5.41) is 3.90. The van der Waals surface area contributed by atoms with Crippen molar-refractivity contribution in [2.75, 3.05) is 11.3 Å². The molecular weight excluding hydrogens is 357 g/mol. The van der Waals surface area contributed by atoms with Gasteiger partial charge in [0, 0.05) is 12.8 Å². The lowest BCUT2D eigenvalue weighted by Crippen LogP contribution is -2.24. The summed E-state index contributed by atoms with van der Waals surface area (Å²) in [7, 11) is -3.86. The molecule has 1 N–H and O–H groups in total. The summed E-state index contributed by atoms with van der Waals surface area (Å²) in [5.41, 5.74) is 0.325. The van der Waals surface area contributed by atoms with Gasteiger partial charge in [-0.15, -0.1) is 0 Å². The van der Waals surface area contributed by atoms with Crippen molar-refractivity contribution >= 4 is 27.3 Å². The van der Waals surface area contributed by atoms with Crippen LogP contribution in [0.25, 0.3) is 0 Å². The summed E-state index contributed by atoms with van der Waals surface area (Å²) >= 11 is 5.64. The zero-order valence-corrected chi connectivity index (χ0v) is 14.4. The highest BCUT2D eigenvalue weighted by Crippen LogP contribution is 2.22. The third kappa shape index (κ3) is 4.06.